The molecule has 0 unspecified atom stereocenters. The van der Waals surface area contributed by atoms with Crippen LogP contribution >= 0.6 is 0 Å². The van der Waals surface area contributed by atoms with Gasteiger partial charge in [-0.3, -0.25) is 4.79 Å². The molecule has 2 rings (SSSR count). The minimum atomic E-state index is -0.319. The summed E-state index contributed by atoms with van der Waals surface area (Å²) in [4.78, 5) is 11.9. The molecule has 0 spiro atoms. The highest BCUT2D eigenvalue weighted by molar-refractivity contribution is 5.68. The van der Waals surface area contributed by atoms with Gasteiger partial charge in [0.05, 0.1) is 26.0 Å². The highest BCUT2D eigenvalue weighted by atomic mass is 16.5. The summed E-state index contributed by atoms with van der Waals surface area (Å²) in [7, 11) is 3.15. The van der Waals surface area contributed by atoms with Gasteiger partial charge >= 0.3 is 0 Å². The molecule has 2 N–H and O–H groups in total. The zero-order valence-corrected chi connectivity index (χ0v) is 11.5. The largest absolute Gasteiger partial charge is 0.496 e. The molecule has 0 bridgehead atoms. The van der Waals surface area contributed by atoms with Gasteiger partial charge in [-0.25, -0.2) is 4.68 Å². The lowest BCUT2D eigenvalue weighted by Gasteiger charge is -2.11. The number of para-hydroxylation sites is 1. The van der Waals surface area contributed by atoms with Crippen molar-refractivity contribution in [1.82, 2.24) is 9.78 Å². The summed E-state index contributed by atoms with van der Waals surface area (Å²) in [5, 5.41) is 4.31. The predicted octanol–water partition coefficient (Wildman–Crippen LogP) is 1.15. The van der Waals surface area contributed by atoms with Crippen molar-refractivity contribution >= 4 is 5.69 Å². The monoisotopic (exact) mass is 275 g/mol. The molecule has 0 atom stereocenters. The fourth-order valence-corrected chi connectivity index (χ4v) is 1.88. The maximum Gasteiger partial charge on any atom is 0.289 e. The fraction of sp³-hybridized carbons (Fsp3) is 0.286. The molecule has 1 heterocycles. The Morgan fingerprint density at radius 3 is 2.75 bits per heavy atom. The van der Waals surface area contributed by atoms with Crippen molar-refractivity contribution < 1.29 is 9.47 Å². The smallest absolute Gasteiger partial charge is 0.289 e. The molecule has 0 saturated heterocycles. The van der Waals surface area contributed by atoms with Crippen LogP contribution in [0.5, 0.6) is 5.75 Å². The molecular formula is C14H17N3O3. The summed E-state index contributed by atoms with van der Waals surface area (Å²) in [5.74, 6) is 0.677. The Morgan fingerprint density at radius 1 is 1.30 bits per heavy atom. The molecule has 2 aromatic rings. The Kier molecular flexibility index (Phi) is 4.37. The van der Waals surface area contributed by atoms with Gasteiger partial charge in [-0.15, -0.1) is 0 Å². The molecule has 0 aliphatic carbocycles. The van der Waals surface area contributed by atoms with Gasteiger partial charge < -0.3 is 15.2 Å². The van der Waals surface area contributed by atoms with Gasteiger partial charge in [0.2, 0.25) is 0 Å². The first kappa shape index (κ1) is 14.1. The Balaban J connectivity index is 2.52. The van der Waals surface area contributed by atoms with Gasteiger partial charge in [0, 0.05) is 12.7 Å². The number of methoxy groups -OCH3 is 2. The van der Waals surface area contributed by atoms with Crippen LogP contribution in [0.25, 0.3) is 11.3 Å². The summed E-state index contributed by atoms with van der Waals surface area (Å²) in [6, 6.07) is 9.00. The van der Waals surface area contributed by atoms with Crippen LogP contribution in [0.4, 0.5) is 5.69 Å². The quantitative estimate of drug-likeness (QED) is 0.885. The van der Waals surface area contributed by atoms with E-state index in [4.69, 9.17) is 15.2 Å². The van der Waals surface area contributed by atoms with E-state index in [0.717, 1.165) is 5.56 Å². The topological polar surface area (TPSA) is 79.4 Å². The lowest BCUT2D eigenvalue weighted by Crippen LogP contribution is -2.27. The van der Waals surface area contributed by atoms with Crippen LogP contribution in [0.2, 0.25) is 0 Å². The highest BCUT2D eigenvalue weighted by Gasteiger charge is 2.11. The average molecular weight is 275 g/mol. The molecule has 0 radical (unpaired) electrons. The number of nitrogen functional groups attached to an aromatic ring is 1. The SMILES string of the molecule is COCCn1nc(-c2ccccc2OC)cc(N)c1=O. The van der Waals surface area contributed by atoms with Crippen LogP contribution in [0, 0.1) is 0 Å². The number of nitrogens with zero attached hydrogens (tertiary/aromatic N) is 2. The number of anilines is 1. The second kappa shape index (κ2) is 6.21. The number of rotatable bonds is 5. The summed E-state index contributed by atoms with van der Waals surface area (Å²) in [5.41, 5.74) is 6.98. The second-order valence-corrected chi connectivity index (χ2v) is 4.21. The molecule has 6 heteroatoms. The standard InChI is InChI=1S/C14H17N3O3/c1-19-8-7-17-14(18)11(15)9-12(16-17)10-5-3-4-6-13(10)20-2/h3-6,9H,7-8,15H2,1-2H3. The number of benzene rings is 1. The van der Waals surface area contributed by atoms with Crippen LogP contribution in [-0.2, 0) is 11.3 Å². The van der Waals surface area contributed by atoms with Crippen LogP contribution in [0.1, 0.15) is 0 Å². The van der Waals surface area contributed by atoms with E-state index in [-0.39, 0.29) is 11.2 Å². The summed E-state index contributed by atoms with van der Waals surface area (Å²) in [6.45, 7) is 0.740. The van der Waals surface area contributed by atoms with Crippen molar-refractivity contribution in [2.24, 2.45) is 0 Å². The van der Waals surface area contributed by atoms with E-state index >= 15 is 0 Å². The molecule has 106 valence electrons. The zero-order chi connectivity index (χ0) is 14.5. The van der Waals surface area contributed by atoms with E-state index in [1.807, 2.05) is 24.3 Å². The van der Waals surface area contributed by atoms with Crippen molar-refractivity contribution in [3.8, 4) is 17.0 Å². The van der Waals surface area contributed by atoms with E-state index in [2.05, 4.69) is 5.10 Å². The highest BCUT2D eigenvalue weighted by Crippen LogP contribution is 2.27. The van der Waals surface area contributed by atoms with Crippen molar-refractivity contribution in [2.45, 2.75) is 6.54 Å². The Bertz CT molecular complexity index is 652. The first-order valence-corrected chi connectivity index (χ1v) is 6.17. The minimum Gasteiger partial charge on any atom is -0.496 e. The number of aromatic nitrogens is 2. The molecule has 0 aliphatic heterocycles. The maximum atomic E-state index is 11.9. The second-order valence-electron chi connectivity index (χ2n) is 4.21. The van der Waals surface area contributed by atoms with Gasteiger partial charge in [0.15, 0.2) is 0 Å². The number of hydrogen-bond acceptors (Lipinski definition) is 5. The summed E-state index contributed by atoms with van der Waals surface area (Å²) >= 11 is 0. The van der Waals surface area contributed by atoms with Crippen LogP contribution in [0.3, 0.4) is 0 Å². The van der Waals surface area contributed by atoms with Gasteiger partial charge in [-0.05, 0) is 18.2 Å². The third kappa shape index (κ3) is 2.80. The van der Waals surface area contributed by atoms with E-state index in [9.17, 15) is 4.79 Å². The van der Waals surface area contributed by atoms with E-state index in [1.165, 1.54) is 4.68 Å². The Morgan fingerprint density at radius 2 is 2.05 bits per heavy atom. The molecule has 0 fully saturated rings. The summed E-state index contributed by atoms with van der Waals surface area (Å²) < 4.78 is 11.6. The van der Waals surface area contributed by atoms with Gasteiger partial charge in [0.25, 0.3) is 5.56 Å². The van der Waals surface area contributed by atoms with Gasteiger partial charge in [0.1, 0.15) is 11.4 Å². The maximum absolute atomic E-state index is 11.9. The van der Waals surface area contributed by atoms with Crippen LogP contribution < -0.4 is 16.0 Å². The molecule has 0 amide bonds. The lowest BCUT2D eigenvalue weighted by atomic mass is 10.1. The molecular weight excluding hydrogens is 258 g/mol. The molecule has 1 aromatic carbocycles. The number of ether oxygens (including phenoxy) is 2. The molecule has 0 saturated carbocycles. The molecule has 1 aromatic heterocycles. The van der Waals surface area contributed by atoms with Crippen LogP contribution in [0.15, 0.2) is 35.1 Å². The van der Waals surface area contributed by atoms with E-state index < -0.39 is 0 Å². The number of hydrogen-bond donors (Lipinski definition) is 1. The zero-order valence-electron chi connectivity index (χ0n) is 11.5. The van der Waals surface area contributed by atoms with E-state index in [0.29, 0.717) is 24.6 Å². The van der Waals surface area contributed by atoms with Crippen molar-refractivity contribution in [2.75, 3.05) is 26.6 Å². The van der Waals surface area contributed by atoms with Gasteiger partial charge in [-0.2, -0.15) is 5.10 Å². The molecule has 6 nitrogen and oxygen atoms in total. The van der Waals surface area contributed by atoms with E-state index in [1.54, 1.807) is 20.3 Å². The van der Waals surface area contributed by atoms with Crippen molar-refractivity contribution in [3.63, 3.8) is 0 Å². The van der Waals surface area contributed by atoms with Crippen molar-refractivity contribution in [3.05, 3.63) is 40.7 Å². The first-order valence-electron chi connectivity index (χ1n) is 6.17. The lowest BCUT2D eigenvalue weighted by molar-refractivity contribution is 0.182. The molecule has 20 heavy (non-hydrogen) atoms. The Labute approximate surface area is 116 Å². The Hall–Kier alpha value is -2.34. The normalized spacial score (nSPS) is 10.5. The van der Waals surface area contributed by atoms with Crippen molar-refractivity contribution in [1.29, 1.82) is 0 Å². The predicted molar refractivity (Wildman–Crippen MR) is 76.8 cm³/mol. The van der Waals surface area contributed by atoms with Gasteiger partial charge in [-0.1, -0.05) is 12.1 Å². The third-order valence-corrected chi connectivity index (χ3v) is 2.89. The molecule has 0 aliphatic rings. The third-order valence-electron chi connectivity index (χ3n) is 2.89. The number of nitrogens with two attached hydrogens (primary N) is 1. The van der Waals surface area contributed by atoms with Crippen LogP contribution in [-0.4, -0.2) is 30.6 Å². The minimum absolute atomic E-state index is 0.150. The average Bonchev–Trinajstić information content (AvgIpc) is 2.48. The first-order chi connectivity index (χ1) is 9.67. The fourth-order valence-electron chi connectivity index (χ4n) is 1.88. The summed E-state index contributed by atoms with van der Waals surface area (Å²) in [6.07, 6.45) is 0.